The number of hydrogen-bond donors (Lipinski definition) is 0. The number of rotatable bonds is 4. The van der Waals surface area contributed by atoms with Crippen LogP contribution in [0.2, 0.25) is 5.02 Å². The maximum atomic E-state index is 13.6. The summed E-state index contributed by atoms with van der Waals surface area (Å²) in [5.74, 6) is -6.82. The predicted octanol–water partition coefficient (Wildman–Crippen LogP) is 2.60. The van der Waals surface area contributed by atoms with Crippen molar-refractivity contribution in [3.05, 3.63) is 28.8 Å². The van der Waals surface area contributed by atoms with Crippen LogP contribution < -0.4 is 4.74 Å². The van der Waals surface area contributed by atoms with Crippen molar-refractivity contribution < 1.29 is 23.1 Å². The Morgan fingerprint density at radius 2 is 1.94 bits per heavy atom. The van der Waals surface area contributed by atoms with E-state index in [4.69, 9.17) is 16.3 Å². The summed E-state index contributed by atoms with van der Waals surface area (Å²) >= 11 is 5.67. The molecule has 0 fully saturated rings. The molecule has 1 aromatic carbocycles. The number of carbonyl (C=O) groups excluding carboxylic acids is 2. The summed E-state index contributed by atoms with van der Waals surface area (Å²) in [5.41, 5.74) is -0.626. The minimum Gasteiger partial charge on any atom is -0.495 e. The highest BCUT2D eigenvalue weighted by molar-refractivity contribution is 6.38. The summed E-state index contributed by atoms with van der Waals surface area (Å²) in [6.07, 6.45) is 0. The highest BCUT2D eigenvalue weighted by atomic mass is 35.5. The monoisotopic (exact) mass is 262 g/mol. The molecule has 0 saturated heterocycles. The van der Waals surface area contributed by atoms with Gasteiger partial charge in [0, 0.05) is 12.5 Å². The first-order valence-corrected chi connectivity index (χ1v) is 4.95. The minimum absolute atomic E-state index is 0.0141. The summed E-state index contributed by atoms with van der Waals surface area (Å²) in [6.45, 7) is 0.795. The van der Waals surface area contributed by atoms with Gasteiger partial charge in [-0.1, -0.05) is 17.7 Å². The van der Waals surface area contributed by atoms with E-state index >= 15 is 0 Å². The normalized spacial score (nSPS) is 11.1. The molecular formula is C11H9ClF2O3. The van der Waals surface area contributed by atoms with Gasteiger partial charge in [-0.05, 0) is 12.1 Å². The van der Waals surface area contributed by atoms with Crippen molar-refractivity contribution in [3.63, 3.8) is 0 Å². The molecule has 1 aromatic rings. The zero-order valence-electron chi connectivity index (χ0n) is 9.09. The van der Waals surface area contributed by atoms with Gasteiger partial charge in [0.1, 0.15) is 5.75 Å². The van der Waals surface area contributed by atoms with E-state index in [1.54, 1.807) is 0 Å². The van der Waals surface area contributed by atoms with Crippen LogP contribution >= 0.6 is 11.6 Å². The molecular weight excluding hydrogens is 254 g/mol. The lowest BCUT2D eigenvalue weighted by Gasteiger charge is -2.15. The number of Topliss-reactive ketones (excluding diaryl/α,β-unsaturated/α-hetero) is 2. The van der Waals surface area contributed by atoms with Gasteiger partial charge >= 0.3 is 5.92 Å². The Balaban J connectivity index is 3.24. The highest BCUT2D eigenvalue weighted by Crippen LogP contribution is 2.34. The first kappa shape index (κ1) is 13.6. The van der Waals surface area contributed by atoms with Crippen LogP contribution in [0.4, 0.5) is 8.78 Å². The molecule has 0 atom stereocenters. The number of alkyl halides is 2. The Morgan fingerprint density at radius 3 is 2.41 bits per heavy atom. The summed E-state index contributed by atoms with van der Waals surface area (Å²) < 4.78 is 31.9. The van der Waals surface area contributed by atoms with Gasteiger partial charge in [-0.25, -0.2) is 0 Å². The minimum atomic E-state index is -3.87. The molecule has 0 aliphatic carbocycles. The molecule has 0 spiro atoms. The summed E-state index contributed by atoms with van der Waals surface area (Å²) in [4.78, 5) is 21.8. The molecule has 17 heavy (non-hydrogen) atoms. The number of halogens is 3. The average molecular weight is 263 g/mol. The molecule has 0 saturated carbocycles. The smallest absolute Gasteiger partial charge is 0.338 e. The quantitative estimate of drug-likeness (QED) is 0.784. The first-order valence-electron chi connectivity index (χ1n) is 4.58. The molecule has 1 rings (SSSR count). The zero-order valence-corrected chi connectivity index (χ0v) is 9.85. The van der Waals surface area contributed by atoms with Crippen LogP contribution in [0.5, 0.6) is 5.75 Å². The molecule has 0 bridgehead atoms. The predicted molar refractivity (Wildman–Crippen MR) is 57.6 cm³/mol. The van der Waals surface area contributed by atoms with E-state index in [0.717, 1.165) is 19.1 Å². The van der Waals surface area contributed by atoms with E-state index in [1.807, 2.05) is 0 Å². The molecule has 0 aliphatic rings. The Hall–Kier alpha value is -1.49. The molecule has 0 radical (unpaired) electrons. The average Bonchev–Trinajstić information content (AvgIpc) is 2.28. The Morgan fingerprint density at radius 1 is 1.35 bits per heavy atom. The van der Waals surface area contributed by atoms with Crippen LogP contribution in [0, 0.1) is 0 Å². The lowest BCUT2D eigenvalue weighted by atomic mass is 10.0. The van der Waals surface area contributed by atoms with Crippen LogP contribution in [-0.2, 0) is 15.5 Å². The maximum absolute atomic E-state index is 13.6. The molecule has 3 nitrogen and oxygen atoms in total. The number of benzene rings is 1. The fourth-order valence-corrected chi connectivity index (χ4v) is 1.40. The zero-order chi connectivity index (χ0) is 13.2. The van der Waals surface area contributed by atoms with Crippen LogP contribution in [0.25, 0.3) is 0 Å². The van der Waals surface area contributed by atoms with E-state index in [0.29, 0.717) is 0 Å². The molecule has 0 N–H and O–H groups in total. The second-order valence-corrected chi connectivity index (χ2v) is 3.72. The van der Waals surface area contributed by atoms with Crippen molar-refractivity contribution >= 4 is 23.2 Å². The molecule has 92 valence electrons. The van der Waals surface area contributed by atoms with Gasteiger partial charge in [0.2, 0.25) is 5.78 Å². The number of methoxy groups -OCH3 is 1. The number of ketones is 2. The van der Waals surface area contributed by atoms with Gasteiger partial charge in [0.25, 0.3) is 5.78 Å². The fourth-order valence-electron chi connectivity index (χ4n) is 1.21. The van der Waals surface area contributed by atoms with E-state index in [2.05, 4.69) is 0 Å². The van der Waals surface area contributed by atoms with Gasteiger partial charge in [-0.2, -0.15) is 8.78 Å². The Kier molecular flexibility index (Phi) is 3.83. The second kappa shape index (κ2) is 4.79. The third kappa shape index (κ3) is 2.61. The van der Waals surface area contributed by atoms with Crippen molar-refractivity contribution in [3.8, 4) is 5.75 Å². The SMILES string of the molecule is COc1cc(C(F)(F)C(=O)C(C)=O)ccc1Cl. The third-order valence-corrected chi connectivity index (χ3v) is 2.43. The van der Waals surface area contributed by atoms with Crippen molar-refractivity contribution in [2.24, 2.45) is 0 Å². The van der Waals surface area contributed by atoms with Gasteiger partial charge in [-0.15, -0.1) is 0 Å². The Labute approximate surface area is 101 Å². The van der Waals surface area contributed by atoms with E-state index in [-0.39, 0.29) is 10.8 Å². The lowest BCUT2D eigenvalue weighted by Crippen LogP contribution is -2.31. The van der Waals surface area contributed by atoms with Crippen LogP contribution in [0.15, 0.2) is 18.2 Å². The van der Waals surface area contributed by atoms with E-state index in [9.17, 15) is 18.4 Å². The highest BCUT2D eigenvalue weighted by Gasteiger charge is 2.43. The van der Waals surface area contributed by atoms with Crippen LogP contribution in [0.3, 0.4) is 0 Å². The van der Waals surface area contributed by atoms with Crippen molar-refractivity contribution in [1.29, 1.82) is 0 Å². The molecule has 0 aromatic heterocycles. The number of ether oxygens (including phenoxy) is 1. The lowest BCUT2D eigenvalue weighted by molar-refractivity contribution is -0.152. The standard InChI is InChI=1S/C11H9ClF2O3/c1-6(15)10(16)11(13,14)7-3-4-8(12)9(5-7)17-2/h3-5H,1-2H3. The topological polar surface area (TPSA) is 43.4 Å². The molecule has 0 amide bonds. The largest absolute Gasteiger partial charge is 0.495 e. The van der Waals surface area contributed by atoms with E-state index < -0.39 is 23.1 Å². The van der Waals surface area contributed by atoms with Crippen molar-refractivity contribution in [1.82, 2.24) is 0 Å². The van der Waals surface area contributed by atoms with Gasteiger partial charge in [0.15, 0.2) is 0 Å². The summed E-state index contributed by atoms with van der Waals surface area (Å²) in [6, 6.07) is 3.09. The van der Waals surface area contributed by atoms with Crippen LogP contribution in [-0.4, -0.2) is 18.7 Å². The number of carbonyl (C=O) groups is 2. The summed E-state index contributed by atoms with van der Waals surface area (Å²) in [7, 11) is 1.26. The molecule has 6 heteroatoms. The van der Waals surface area contributed by atoms with Crippen molar-refractivity contribution in [2.45, 2.75) is 12.8 Å². The third-order valence-electron chi connectivity index (χ3n) is 2.12. The molecule has 0 unspecified atom stereocenters. The van der Waals surface area contributed by atoms with Crippen molar-refractivity contribution in [2.75, 3.05) is 7.11 Å². The second-order valence-electron chi connectivity index (χ2n) is 3.31. The number of hydrogen-bond acceptors (Lipinski definition) is 3. The fraction of sp³-hybridized carbons (Fsp3) is 0.273. The first-order chi connectivity index (χ1) is 7.80. The summed E-state index contributed by atoms with van der Waals surface area (Å²) in [5, 5.41) is 0.141. The van der Waals surface area contributed by atoms with Gasteiger partial charge < -0.3 is 4.74 Å². The Bertz CT molecular complexity index is 472. The van der Waals surface area contributed by atoms with E-state index in [1.165, 1.54) is 13.2 Å². The molecule has 0 aliphatic heterocycles. The maximum Gasteiger partial charge on any atom is 0.338 e. The molecule has 0 heterocycles. The van der Waals surface area contributed by atoms with Crippen LogP contribution in [0.1, 0.15) is 12.5 Å². The van der Waals surface area contributed by atoms with Gasteiger partial charge in [0.05, 0.1) is 12.1 Å². The van der Waals surface area contributed by atoms with Gasteiger partial charge in [-0.3, -0.25) is 9.59 Å².